The Bertz CT molecular complexity index is 791. The summed E-state index contributed by atoms with van der Waals surface area (Å²) in [4.78, 5) is 40.3. The first-order chi connectivity index (χ1) is 12.0. The molecule has 0 bridgehead atoms. The summed E-state index contributed by atoms with van der Waals surface area (Å²) in [7, 11) is 0. The number of hydrogen-bond acceptors (Lipinski definition) is 4. The van der Waals surface area contributed by atoms with E-state index in [2.05, 4.69) is 5.32 Å². The van der Waals surface area contributed by atoms with E-state index in [4.69, 9.17) is 0 Å². The smallest absolute Gasteiger partial charge is 0.319 e. The Morgan fingerprint density at radius 1 is 1.24 bits per heavy atom. The number of anilines is 1. The minimum atomic E-state index is -1.12. The molecule has 1 fully saturated rings. The van der Waals surface area contributed by atoms with E-state index in [1.807, 2.05) is 48.0 Å². The number of imide groups is 1. The molecule has 7 heteroatoms. The monoisotopic (exact) mass is 357 g/mol. The van der Waals surface area contributed by atoms with Gasteiger partial charge in [0.05, 0.1) is 0 Å². The van der Waals surface area contributed by atoms with Crippen LogP contribution >= 0.6 is 11.3 Å². The zero-order valence-corrected chi connectivity index (χ0v) is 14.9. The zero-order valence-electron chi connectivity index (χ0n) is 14.1. The summed E-state index contributed by atoms with van der Waals surface area (Å²) in [5, 5.41) is 6.38. The average Bonchev–Trinajstić information content (AvgIpc) is 3.21. The number of nitrogens with one attached hydrogen (secondary N) is 1. The molecule has 6 nitrogen and oxygen atoms in total. The first kappa shape index (κ1) is 17.2. The molecular weight excluding hydrogens is 338 g/mol. The summed E-state index contributed by atoms with van der Waals surface area (Å²) in [5.74, 6) is -0.708. The van der Waals surface area contributed by atoms with E-state index in [-0.39, 0.29) is 12.5 Å². The van der Waals surface area contributed by atoms with Gasteiger partial charge in [-0.1, -0.05) is 18.2 Å². The third-order valence-electron chi connectivity index (χ3n) is 4.35. The fraction of sp³-hybridized carbons (Fsp3) is 0.278. The second-order valence-corrected chi connectivity index (χ2v) is 6.71. The topological polar surface area (TPSA) is 69.7 Å². The molecule has 25 heavy (non-hydrogen) atoms. The van der Waals surface area contributed by atoms with Crippen LogP contribution in [0.5, 0.6) is 0 Å². The lowest BCUT2D eigenvalue weighted by atomic mass is 9.95. The van der Waals surface area contributed by atoms with E-state index in [9.17, 15) is 14.4 Å². The first-order valence-corrected chi connectivity index (χ1v) is 8.94. The lowest BCUT2D eigenvalue weighted by Gasteiger charge is -2.24. The largest absolute Gasteiger partial charge is 0.325 e. The molecule has 1 saturated heterocycles. The second-order valence-electron chi connectivity index (χ2n) is 5.93. The summed E-state index contributed by atoms with van der Waals surface area (Å²) in [5.41, 5.74) is 0.338. The van der Waals surface area contributed by atoms with Crippen LogP contribution in [0.15, 0.2) is 47.2 Å². The average molecular weight is 357 g/mol. The van der Waals surface area contributed by atoms with Gasteiger partial charge < -0.3 is 10.2 Å². The fourth-order valence-electron chi connectivity index (χ4n) is 2.92. The second kappa shape index (κ2) is 6.68. The van der Waals surface area contributed by atoms with E-state index < -0.39 is 17.5 Å². The number of amides is 4. The van der Waals surface area contributed by atoms with Gasteiger partial charge in [-0.2, -0.15) is 11.3 Å². The molecule has 1 atom stereocenters. The van der Waals surface area contributed by atoms with E-state index >= 15 is 0 Å². The van der Waals surface area contributed by atoms with Crippen molar-refractivity contribution in [1.29, 1.82) is 0 Å². The number of urea groups is 1. The number of carbonyl (C=O) groups excluding carboxylic acids is 3. The van der Waals surface area contributed by atoms with Crippen molar-refractivity contribution in [2.45, 2.75) is 19.4 Å². The molecule has 0 unspecified atom stereocenters. The van der Waals surface area contributed by atoms with Crippen LogP contribution in [0.2, 0.25) is 0 Å². The Morgan fingerprint density at radius 2 is 1.96 bits per heavy atom. The van der Waals surface area contributed by atoms with Crippen molar-refractivity contribution >= 4 is 34.9 Å². The standard InChI is InChI=1S/C18H19N3O3S/c1-3-20(14-7-5-4-6-8-14)15(22)11-21-16(23)18(2,19-17(21)24)13-9-10-25-12-13/h4-10,12H,3,11H2,1-2H3,(H,19,24)/t18-/m1/s1. The number of nitrogens with zero attached hydrogens (tertiary/aromatic N) is 2. The predicted molar refractivity (Wildman–Crippen MR) is 96.4 cm³/mol. The van der Waals surface area contributed by atoms with Crippen LogP contribution in [0.4, 0.5) is 10.5 Å². The minimum Gasteiger partial charge on any atom is -0.319 e. The number of likely N-dealkylation sites (N-methyl/N-ethyl adjacent to an activating group) is 1. The molecule has 1 aliphatic rings. The van der Waals surface area contributed by atoms with Crippen molar-refractivity contribution in [2.24, 2.45) is 0 Å². The van der Waals surface area contributed by atoms with Gasteiger partial charge in [-0.25, -0.2) is 4.79 Å². The van der Waals surface area contributed by atoms with Crippen molar-refractivity contribution in [3.63, 3.8) is 0 Å². The van der Waals surface area contributed by atoms with Crippen molar-refractivity contribution in [3.05, 3.63) is 52.7 Å². The van der Waals surface area contributed by atoms with Crippen LogP contribution in [0, 0.1) is 0 Å². The zero-order chi connectivity index (χ0) is 18.0. The number of para-hydroxylation sites is 1. The van der Waals surface area contributed by atoms with Gasteiger partial charge in [-0.15, -0.1) is 0 Å². The summed E-state index contributed by atoms with van der Waals surface area (Å²) in [6.45, 7) is 3.68. The van der Waals surface area contributed by atoms with Crippen LogP contribution < -0.4 is 10.2 Å². The van der Waals surface area contributed by atoms with Gasteiger partial charge in [-0.3, -0.25) is 14.5 Å². The normalized spacial score (nSPS) is 19.8. The lowest BCUT2D eigenvalue weighted by molar-refractivity contribution is -0.134. The van der Waals surface area contributed by atoms with Gasteiger partial charge in [-0.05, 0) is 48.4 Å². The number of hydrogen-bond donors (Lipinski definition) is 1. The summed E-state index contributed by atoms with van der Waals surface area (Å²) >= 11 is 1.45. The third-order valence-corrected chi connectivity index (χ3v) is 5.04. The summed E-state index contributed by atoms with van der Waals surface area (Å²) in [6.07, 6.45) is 0. The lowest BCUT2D eigenvalue weighted by Crippen LogP contribution is -2.44. The van der Waals surface area contributed by atoms with Gasteiger partial charge in [0.25, 0.3) is 5.91 Å². The van der Waals surface area contributed by atoms with Crippen molar-refractivity contribution in [1.82, 2.24) is 10.2 Å². The molecule has 130 valence electrons. The van der Waals surface area contributed by atoms with E-state index in [1.54, 1.807) is 17.9 Å². The molecule has 0 spiro atoms. The van der Waals surface area contributed by atoms with Gasteiger partial charge in [0.15, 0.2) is 0 Å². The van der Waals surface area contributed by atoms with Crippen LogP contribution in [0.1, 0.15) is 19.4 Å². The van der Waals surface area contributed by atoms with Gasteiger partial charge in [0.2, 0.25) is 5.91 Å². The van der Waals surface area contributed by atoms with Crippen molar-refractivity contribution in [2.75, 3.05) is 18.0 Å². The molecule has 0 aliphatic carbocycles. The molecular formula is C18H19N3O3S. The number of rotatable bonds is 5. The number of thiophene rings is 1. The molecule has 1 aromatic heterocycles. The Morgan fingerprint density at radius 3 is 2.56 bits per heavy atom. The molecule has 1 N–H and O–H groups in total. The third kappa shape index (κ3) is 3.02. The highest BCUT2D eigenvalue weighted by Gasteiger charge is 2.49. The van der Waals surface area contributed by atoms with Crippen LogP contribution in [-0.2, 0) is 15.1 Å². The molecule has 3 rings (SSSR count). The van der Waals surface area contributed by atoms with Crippen LogP contribution in [-0.4, -0.2) is 35.8 Å². The molecule has 1 aliphatic heterocycles. The summed E-state index contributed by atoms with van der Waals surface area (Å²) in [6, 6.07) is 10.4. The molecule has 4 amide bonds. The van der Waals surface area contributed by atoms with E-state index in [1.165, 1.54) is 11.3 Å². The Hall–Kier alpha value is -2.67. The predicted octanol–water partition coefficient (Wildman–Crippen LogP) is 2.57. The maximum absolute atomic E-state index is 12.8. The van der Waals surface area contributed by atoms with Gasteiger partial charge in [0.1, 0.15) is 12.1 Å². The quantitative estimate of drug-likeness (QED) is 0.836. The Balaban J connectivity index is 1.79. The summed E-state index contributed by atoms with van der Waals surface area (Å²) < 4.78 is 0. The Labute approximate surface area is 150 Å². The van der Waals surface area contributed by atoms with Crippen molar-refractivity contribution in [3.8, 4) is 0 Å². The highest BCUT2D eigenvalue weighted by molar-refractivity contribution is 7.08. The maximum Gasteiger partial charge on any atom is 0.325 e. The maximum atomic E-state index is 12.8. The van der Waals surface area contributed by atoms with Crippen molar-refractivity contribution < 1.29 is 14.4 Å². The SMILES string of the molecule is CCN(C(=O)CN1C(=O)N[C@](C)(c2ccsc2)C1=O)c1ccccc1. The molecule has 1 aromatic carbocycles. The highest BCUT2D eigenvalue weighted by Crippen LogP contribution is 2.30. The molecule has 2 heterocycles. The van der Waals surface area contributed by atoms with E-state index in [0.29, 0.717) is 6.54 Å². The highest BCUT2D eigenvalue weighted by atomic mass is 32.1. The number of benzene rings is 1. The molecule has 2 aromatic rings. The Kier molecular flexibility index (Phi) is 4.59. The van der Waals surface area contributed by atoms with E-state index in [0.717, 1.165) is 16.2 Å². The first-order valence-electron chi connectivity index (χ1n) is 7.99. The van der Waals surface area contributed by atoms with Gasteiger partial charge >= 0.3 is 6.03 Å². The van der Waals surface area contributed by atoms with Gasteiger partial charge in [0, 0.05) is 12.2 Å². The molecule has 0 saturated carbocycles. The minimum absolute atomic E-state index is 0.285. The van der Waals surface area contributed by atoms with Crippen LogP contribution in [0.3, 0.4) is 0 Å². The van der Waals surface area contributed by atoms with Crippen LogP contribution in [0.25, 0.3) is 0 Å². The fourth-order valence-corrected chi connectivity index (χ4v) is 3.68. The molecule has 0 radical (unpaired) electrons. The number of carbonyl (C=O) groups is 3.